The molecule has 9 heteroatoms. The zero-order valence-electron chi connectivity index (χ0n) is 11.3. The number of hydrogen-bond donors (Lipinski definition) is 1. The van der Waals surface area contributed by atoms with E-state index in [9.17, 15) is 18.2 Å². The van der Waals surface area contributed by atoms with E-state index in [2.05, 4.69) is 25.4 Å². The number of hydrogen-bond acceptors (Lipinski definition) is 4. The highest BCUT2D eigenvalue weighted by Gasteiger charge is 2.53. The molecule has 2 rings (SSSR count). The molecule has 1 unspecified atom stereocenters. The number of fused-ring (bicyclic) bond motifs is 1. The Labute approximate surface area is 133 Å². The fraction of sp³-hybridized carbons (Fsp3) is 0.231. The number of pyridine rings is 1. The van der Waals surface area contributed by atoms with E-state index in [-0.39, 0.29) is 22.3 Å². The lowest BCUT2D eigenvalue weighted by Gasteiger charge is -2.23. The summed E-state index contributed by atoms with van der Waals surface area (Å²) in [4.78, 5) is 13.4. The summed E-state index contributed by atoms with van der Waals surface area (Å²) >= 11 is 2.97. The maximum atomic E-state index is 14.3. The molecule has 0 saturated carbocycles. The molecule has 0 bridgehead atoms. The van der Waals surface area contributed by atoms with Crippen LogP contribution in [-0.4, -0.2) is 16.5 Å². The third-order valence-electron chi connectivity index (χ3n) is 2.88. The van der Waals surface area contributed by atoms with Crippen LogP contribution in [0.5, 0.6) is 0 Å². The fourth-order valence-electron chi connectivity index (χ4n) is 1.84. The van der Waals surface area contributed by atoms with Gasteiger partial charge in [-0.05, 0) is 31.2 Å². The van der Waals surface area contributed by atoms with Crippen LogP contribution in [0.1, 0.15) is 18.2 Å². The number of nitrogens with zero attached hydrogens (tertiary/aromatic N) is 2. The number of nitriles is 1. The first kappa shape index (κ1) is 17.0. The van der Waals surface area contributed by atoms with Crippen LogP contribution in [0, 0.1) is 11.3 Å². The van der Waals surface area contributed by atoms with Crippen molar-refractivity contribution in [2.24, 2.45) is 0 Å². The molecule has 0 fully saturated rings. The second kappa shape index (κ2) is 6.01. The van der Waals surface area contributed by atoms with Crippen LogP contribution < -0.4 is 0 Å². The summed E-state index contributed by atoms with van der Waals surface area (Å²) in [7, 11) is -5.20. The van der Waals surface area contributed by atoms with Gasteiger partial charge in [0.2, 0.25) is 0 Å². The number of aromatic nitrogens is 1. The van der Waals surface area contributed by atoms with Crippen molar-refractivity contribution in [2.75, 3.05) is 6.61 Å². The van der Waals surface area contributed by atoms with Gasteiger partial charge in [-0.25, -0.2) is 4.98 Å². The Morgan fingerprint density at radius 1 is 1.50 bits per heavy atom. The van der Waals surface area contributed by atoms with E-state index in [0.717, 1.165) is 6.07 Å². The Bertz CT molecular complexity index is 823. The molecular formula is C13H10BrF2N2O3P. The minimum atomic E-state index is -5.20. The summed E-state index contributed by atoms with van der Waals surface area (Å²) in [5, 5.41) is 9.31. The Hall–Kier alpha value is -1.39. The minimum Gasteiger partial charge on any atom is -0.320 e. The second-order valence-electron chi connectivity index (χ2n) is 4.31. The molecule has 0 spiro atoms. The lowest BCUT2D eigenvalue weighted by molar-refractivity contribution is 0.0461. The van der Waals surface area contributed by atoms with Gasteiger partial charge < -0.3 is 9.42 Å². The van der Waals surface area contributed by atoms with Gasteiger partial charge in [-0.1, -0.05) is 15.9 Å². The number of benzene rings is 1. The van der Waals surface area contributed by atoms with Gasteiger partial charge in [0.25, 0.3) is 0 Å². The van der Waals surface area contributed by atoms with E-state index in [1.807, 2.05) is 0 Å². The molecule has 5 nitrogen and oxygen atoms in total. The molecule has 1 aromatic carbocycles. The lowest BCUT2D eigenvalue weighted by Crippen LogP contribution is -2.16. The molecule has 0 amide bonds. The van der Waals surface area contributed by atoms with Crippen molar-refractivity contribution in [1.82, 2.24) is 4.98 Å². The largest absolute Gasteiger partial charge is 0.401 e. The summed E-state index contributed by atoms with van der Waals surface area (Å²) in [6.07, 6.45) is 0. The molecule has 1 N–H and O–H groups in total. The van der Waals surface area contributed by atoms with Crippen LogP contribution in [0.4, 0.5) is 8.78 Å². The summed E-state index contributed by atoms with van der Waals surface area (Å²) in [6.45, 7) is 1.01. The van der Waals surface area contributed by atoms with Crippen molar-refractivity contribution in [3.8, 4) is 6.07 Å². The standard InChI is InChI=1S/C13H10BrF2N2O3P/c1-2-21-22(19,20)13(15,16)10-6-12-8(5-11(10)14)3-4-9(7-17)18-12/h3-6H,2H2,1H3,(H,19,20). The summed E-state index contributed by atoms with van der Waals surface area (Å²) in [6, 6.07) is 7.12. The molecule has 0 aliphatic carbocycles. The first-order chi connectivity index (χ1) is 10.2. The van der Waals surface area contributed by atoms with E-state index in [0.29, 0.717) is 5.39 Å². The monoisotopic (exact) mass is 390 g/mol. The van der Waals surface area contributed by atoms with Crippen molar-refractivity contribution >= 4 is 34.4 Å². The molecule has 0 saturated heterocycles. The van der Waals surface area contributed by atoms with Crippen molar-refractivity contribution in [3.63, 3.8) is 0 Å². The topological polar surface area (TPSA) is 83.2 Å². The van der Waals surface area contributed by atoms with E-state index in [1.54, 1.807) is 12.1 Å². The van der Waals surface area contributed by atoms with Gasteiger partial charge in [0.1, 0.15) is 11.8 Å². The van der Waals surface area contributed by atoms with Crippen LogP contribution in [0.25, 0.3) is 10.9 Å². The highest BCUT2D eigenvalue weighted by Crippen LogP contribution is 2.64. The Morgan fingerprint density at radius 2 is 2.18 bits per heavy atom. The minimum absolute atomic E-state index is 0.0505. The molecule has 116 valence electrons. The molecule has 1 heterocycles. The number of alkyl halides is 2. The highest BCUT2D eigenvalue weighted by molar-refractivity contribution is 9.10. The third-order valence-corrected chi connectivity index (χ3v) is 5.09. The Balaban J connectivity index is 2.67. The van der Waals surface area contributed by atoms with Crippen molar-refractivity contribution in [1.29, 1.82) is 5.26 Å². The smallest absolute Gasteiger partial charge is 0.320 e. The summed E-state index contributed by atoms with van der Waals surface area (Å²) < 4.78 is 44.7. The lowest BCUT2D eigenvalue weighted by atomic mass is 10.1. The average Bonchev–Trinajstić information content (AvgIpc) is 2.45. The maximum Gasteiger partial charge on any atom is 0.401 e. The van der Waals surface area contributed by atoms with Gasteiger partial charge in [-0.3, -0.25) is 4.57 Å². The van der Waals surface area contributed by atoms with E-state index >= 15 is 0 Å². The normalized spacial score (nSPS) is 14.5. The molecule has 0 radical (unpaired) electrons. The molecule has 2 aromatic rings. The van der Waals surface area contributed by atoms with Crippen LogP contribution >= 0.6 is 23.5 Å². The first-order valence-corrected chi connectivity index (χ1v) is 8.46. The molecular weight excluding hydrogens is 381 g/mol. The van der Waals surface area contributed by atoms with Gasteiger partial charge in [-0.15, -0.1) is 0 Å². The zero-order valence-corrected chi connectivity index (χ0v) is 13.7. The van der Waals surface area contributed by atoms with Crippen LogP contribution in [0.2, 0.25) is 0 Å². The highest BCUT2D eigenvalue weighted by atomic mass is 79.9. The van der Waals surface area contributed by atoms with Gasteiger partial charge >= 0.3 is 13.3 Å². The number of halogens is 3. The van der Waals surface area contributed by atoms with Crippen molar-refractivity contribution < 1.29 is 22.8 Å². The van der Waals surface area contributed by atoms with E-state index in [4.69, 9.17) is 5.26 Å². The molecule has 0 aliphatic heterocycles. The second-order valence-corrected chi connectivity index (χ2v) is 7.03. The predicted octanol–water partition coefficient (Wildman–Crippen LogP) is 4.14. The maximum absolute atomic E-state index is 14.3. The Morgan fingerprint density at radius 3 is 2.77 bits per heavy atom. The van der Waals surface area contributed by atoms with Crippen molar-refractivity contribution in [3.05, 3.63) is 40.0 Å². The Kier molecular flexibility index (Phi) is 4.64. The van der Waals surface area contributed by atoms with Gasteiger partial charge in [0.05, 0.1) is 12.1 Å². The quantitative estimate of drug-likeness (QED) is 0.793. The molecule has 1 aromatic heterocycles. The molecule has 22 heavy (non-hydrogen) atoms. The van der Waals surface area contributed by atoms with E-state index in [1.165, 1.54) is 19.1 Å². The third kappa shape index (κ3) is 2.90. The zero-order chi connectivity index (χ0) is 16.5. The summed E-state index contributed by atoms with van der Waals surface area (Å²) in [5.41, 5.74) is -4.66. The SMILES string of the molecule is CCOP(=O)(O)C(F)(F)c1cc2nc(C#N)ccc2cc1Br. The summed E-state index contributed by atoms with van der Waals surface area (Å²) in [5.74, 6) is 0. The van der Waals surface area contributed by atoms with E-state index < -0.39 is 18.8 Å². The average molecular weight is 391 g/mol. The van der Waals surface area contributed by atoms with Crippen LogP contribution in [0.15, 0.2) is 28.7 Å². The fourth-order valence-corrected chi connectivity index (χ4v) is 3.61. The number of rotatable bonds is 4. The first-order valence-electron chi connectivity index (χ1n) is 6.09. The van der Waals surface area contributed by atoms with Gasteiger partial charge in [0, 0.05) is 15.4 Å². The predicted molar refractivity (Wildman–Crippen MR) is 79.5 cm³/mol. The van der Waals surface area contributed by atoms with Crippen LogP contribution in [-0.2, 0) is 14.8 Å². The van der Waals surface area contributed by atoms with Gasteiger partial charge in [-0.2, -0.15) is 14.0 Å². The van der Waals surface area contributed by atoms with Crippen LogP contribution in [0.3, 0.4) is 0 Å². The molecule has 1 atom stereocenters. The van der Waals surface area contributed by atoms with Gasteiger partial charge in [0.15, 0.2) is 0 Å². The van der Waals surface area contributed by atoms with Crippen molar-refractivity contribution in [2.45, 2.75) is 12.6 Å². The molecule has 0 aliphatic rings.